The van der Waals surface area contributed by atoms with Crippen LogP contribution in [0.5, 0.6) is 11.5 Å². The topological polar surface area (TPSA) is 76.1 Å². The molecule has 0 aromatic heterocycles. The Morgan fingerprint density at radius 2 is 1.71 bits per heavy atom. The van der Waals surface area contributed by atoms with Crippen molar-refractivity contribution in [3.63, 3.8) is 0 Å². The molecule has 31 heavy (non-hydrogen) atoms. The zero-order valence-corrected chi connectivity index (χ0v) is 18.8. The number of Topliss-reactive ketones (excluding diaryl/α,β-unsaturated/α-hetero) is 1. The number of benzene rings is 2. The van der Waals surface area contributed by atoms with E-state index in [0.29, 0.717) is 22.7 Å². The fourth-order valence-corrected chi connectivity index (χ4v) is 3.58. The summed E-state index contributed by atoms with van der Waals surface area (Å²) >= 11 is 0. The molecule has 0 aliphatic carbocycles. The zero-order chi connectivity index (χ0) is 22.9. The van der Waals surface area contributed by atoms with E-state index in [9.17, 15) is 14.7 Å². The minimum atomic E-state index is -0.771. The van der Waals surface area contributed by atoms with Gasteiger partial charge in [0.25, 0.3) is 5.91 Å². The number of carbonyl (C=O) groups is 2. The van der Waals surface area contributed by atoms with Gasteiger partial charge in [-0.2, -0.15) is 0 Å². The van der Waals surface area contributed by atoms with E-state index in [4.69, 9.17) is 9.47 Å². The second kappa shape index (κ2) is 8.46. The van der Waals surface area contributed by atoms with Gasteiger partial charge in [0.2, 0.25) is 0 Å². The van der Waals surface area contributed by atoms with E-state index in [0.717, 1.165) is 0 Å². The predicted molar refractivity (Wildman–Crippen MR) is 120 cm³/mol. The van der Waals surface area contributed by atoms with Crippen LogP contribution in [0.2, 0.25) is 0 Å². The number of amides is 1. The highest BCUT2D eigenvalue weighted by Gasteiger charge is 2.46. The summed E-state index contributed by atoms with van der Waals surface area (Å²) in [6.07, 6.45) is 0.0224. The van der Waals surface area contributed by atoms with Crippen molar-refractivity contribution in [3.8, 4) is 11.5 Å². The van der Waals surface area contributed by atoms with E-state index in [1.54, 1.807) is 64.3 Å². The molecule has 0 radical (unpaired) electrons. The minimum absolute atomic E-state index is 0.0224. The molecule has 1 heterocycles. The summed E-state index contributed by atoms with van der Waals surface area (Å²) < 4.78 is 11.0. The Labute approximate surface area is 183 Å². The van der Waals surface area contributed by atoms with Crippen LogP contribution in [-0.2, 0) is 9.59 Å². The van der Waals surface area contributed by atoms with Gasteiger partial charge in [-0.1, -0.05) is 39.0 Å². The third-order valence-electron chi connectivity index (χ3n) is 5.03. The van der Waals surface area contributed by atoms with Crippen LogP contribution in [0.3, 0.4) is 0 Å². The lowest BCUT2D eigenvalue weighted by atomic mass is 9.82. The van der Waals surface area contributed by atoms with Crippen LogP contribution in [0.4, 0.5) is 5.69 Å². The van der Waals surface area contributed by atoms with Crippen molar-refractivity contribution in [2.24, 2.45) is 5.41 Å². The highest BCUT2D eigenvalue weighted by atomic mass is 16.5. The van der Waals surface area contributed by atoms with Crippen molar-refractivity contribution >= 4 is 17.4 Å². The number of ether oxygens (including phenoxy) is 2. The Kier molecular flexibility index (Phi) is 6.11. The van der Waals surface area contributed by atoms with Gasteiger partial charge in [0.05, 0.1) is 24.8 Å². The maximum Gasteiger partial charge on any atom is 0.294 e. The van der Waals surface area contributed by atoms with Crippen molar-refractivity contribution in [2.45, 2.75) is 46.8 Å². The Bertz CT molecular complexity index is 1010. The molecular weight excluding hydrogens is 394 g/mol. The van der Waals surface area contributed by atoms with Crippen molar-refractivity contribution < 1.29 is 24.2 Å². The van der Waals surface area contributed by atoms with Gasteiger partial charge in [0.15, 0.2) is 11.5 Å². The first-order chi connectivity index (χ1) is 14.5. The maximum absolute atomic E-state index is 13.3. The number of hydrogen-bond acceptors (Lipinski definition) is 5. The monoisotopic (exact) mass is 423 g/mol. The molecule has 164 valence electrons. The third-order valence-corrected chi connectivity index (χ3v) is 5.03. The van der Waals surface area contributed by atoms with Gasteiger partial charge in [-0.3, -0.25) is 14.5 Å². The van der Waals surface area contributed by atoms with Crippen molar-refractivity contribution in [3.05, 3.63) is 65.4 Å². The van der Waals surface area contributed by atoms with Crippen LogP contribution >= 0.6 is 0 Å². The zero-order valence-electron chi connectivity index (χ0n) is 18.8. The highest BCUT2D eigenvalue weighted by molar-refractivity contribution is 6.17. The van der Waals surface area contributed by atoms with Gasteiger partial charge >= 0.3 is 0 Å². The van der Waals surface area contributed by atoms with Gasteiger partial charge < -0.3 is 14.6 Å². The predicted octanol–water partition coefficient (Wildman–Crippen LogP) is 5.00. The van der Waals surface area contributed by atoms with E-state index in [2.05, 4.69) is 0 Å². The van der Waals surface area contributed by atoms with Crippen LogP contribution in [0.1, 0.15) is 46.2 Å². The molecule has 2 aromatic rings. The largest absolute Gasteiger partial charge is 0.503 e. The summed E-state index contributed by atoms with van der Waals surface area (Å²) in [5.41, 5.74) is 0.550. The number of hydrogen-bond donors (Lipinski definition) is 1. The molecule has 1 N–H and O–H groups in total. The lowest BCUT2D eigenvalue weighted by Crippen LogP contribution is -2.32. The summed E-state index contributed by atoms with van der Waals surface area (Å²) in [6.45, 7) is 9.19. The molecule has 0 saturated carbocycles. The van der Waals surface area contributed by atoms with Gasteiger partial charge in [0.1, 0.15) is 11.5 Å². The summed E-state index contributed by atoms with van der Waals surface area (Å²) in [5.74, 6) is -0.160. The number of methoxy groups -OCH3 is 1. The Morgan fingerprint density at radius 3 is 2.26 bits per heavy atom. The first-order valence-corrected chi connectivity index (χ1v) is 10.3. The van der Waals surface area contributed by atoms with Gasteiger partial charge in [-0.05, 0) is 43.7 Å². The molecule has 6 nitrogen and oxygen atoms in total. The molecule has 3 rings (SSSR count). The van der Waals surface area contributed by atoms with E-state index in [-0.39, 0.29) is 17.5 Å². The molecule has 2 aromatic carbocycles. The maximum atomic E-state index is 13.3. The molecule has 0 saturated heterocycles. The van der Waals surface area contributed by atoms with Crippen LogP contribution in [0.25, 0.3) is 0 Å². The van der Waals surface area contributed by atoms with Gasteiger partial charge in [0, 0.05) is 17.2 Å². The molecule has 1 aliphatic rings. The van der Waals surface area contributed by atoms with Crippen LogP contribution in [-0.4, -0.2) is 30.0 Å². The Balaban J connectivity index is 2.14. The number of aliphatic hydroxyl groups is 1. The second-order valence-electron chi connectivity index (χ2n) is 8.86. The Hall–Kier alpha value is -3.28. The van der Waals surface area contributed by atoms with Crippen LogP contribution in [0, 0.1) is 5.41 Å². The molecule has 0 spiro atoms. The van der Waals surface area contributed by atoms with E-state index in [1.165, 1.54) is 4.90 Å². The fraction of sp³-hybridized carbons (Fsp3) is 0.360. The van der Waals surface area contributed by atoms with Crippen molar-refractivity contribution in [2.75, 3.05) is 12.0 Å². The normalized spacial score (nSPS) is 16.8. The summed E-state index contributed by atoms with van der Waals surface area (Å²) in [7, 11) is 1.54. The van der Waals surface area contributed by atoms with E-state index < -0.39 is 23.1 Å². The van der Waals surface area contributed by atoms with E-state index in [1.807, 2.05) is 26.0 Å². The van der Waals surface area contributed by atoms with Gasteiger partial charge in [-0.25, -0.2) is 0 Å². The lowest BCUT2D eigenvalue weighted by molar-refractivity contribution is -0.123. The molecule has 1 unspecified atom stereocenters. The number of anilines is 1. The molecule has 6 heteroatoms. The van der Waals surface area contributed by atoms with Crippen molar-refractivity contribution in [1.29, 1.82) is 0 Å². The Morgan fingerprint density at radius 1 is 1.06 bits per heavy atom. The third kappa shape index (κ3) is 4.43. The van der Waals surface area contributed by atoms with E-state index >= 15 is 0 Å². The fourth-order valence-electron chi connectivity index (χ4n) is 3.58. The number of nitrogens with zero attached hydrogens (tertiary/aromatic N) is 1. The average Bonchev–Trinajstić information content (AvgIpc) is 2.97. The number of aliphatic hydroxyl groups excluding tert-OH is 1. The van der Waals surface area contributed by atoms with Crippen LogP contribution < -0.4 is 14.4 Å². The first-order valence-electron chi connectivity index (χ1n) is 10.3. The van der Waals surface area contributed by atoms with Gasteiger partial charge in [-0.15, -0.1) is 0 Å². The number of ketones is 1. The molecular formula is C25H29NO5. The quantitative estimate of drug-likeness (QED) is 0.708. The minimum Gasteiger partial charge on any atom is -0.503 e. The molecule has 1 aliphatic heterocycles. The standard InChI is InChI=1S/C25H29NO5/c1-15(2)31-18-12-10-16(11-13-18)21-20(23(28)25(3,4)5)22(27)24(29)26(21)17-8-7-9-19(14-17)30-6/h7-15,21,27H,1-6H3. The molecule has 1 amide bonds. The lowest BCUT2D eigenvalue weighted by Gasteiger charge is -2.29. The van der Waals surface area contributed by atoms with Crippen molar-refractivity contribution in [1.82, 2.24) is 0 Å². The second-order valence-corrected chi connectivity index (χ2v) is 8.86. The average molecular weight is 424 g/mol. The van der Waals surface area contributed by atoms with Crippen LogP contribution in [0.15, 0.2) is 59.9 Å². The molecule has 1 atom stereocenters. The first kappa shape index (κ1) is 22.4. The summed E-state index contributed by atoms with van der Waals surface area (Å²) in [6, 6.07) is 13.5. The summed E-state index contributed by atoms with van der Waals surface area (Å²) in [5, 5.41) is 10.8. The molecule has 0 bridgehead atoms. The molecule has 0 fully saturated rings. The SMILES string of the molecule is COc1cccc(N2C(=O)C(O)=C(C(=O)C(C)(C)C)C2c2ccc(OC(C)C)cc2)c1. The number of carbonyl (C=O) groups excluding carboxylic acids is 2. The highest BCUT2D eigenvalue weighted by Crippen LogP contribution is 2.44. The summed E-state index contributed by atoms with van der Waals surface area (Å²) in [4.78, 5) is 27.9. The smallest absolute Gasteiger partial charge is 0.294 e. The number of rotatable bonds is 6.